The summed E-state index contributed by atoms with van der Waals surface area (Å²) in [6, 6.07) is 0. The molecule has 0 bridgehead atoms. The Morgan fingerprint density at radius 1 is 1.59 bits per heavy atom. The van der Waals surface area contributed by atoms with Crippen molar-refractivity contribution in [1.82, 2.24) is 9.97 Å². The molecule has 0 aliphatic rings. The number of nitrogens with zero attached hydrogens (tertiary/aromatic N) is 1. The van der Waals surface area contributed by atoms with Crippen molar-refractivity contribution in [2.45, 2.75) is 26.9 Å². The number of rotatable bonds is 5. The number of carboxylic acid groups (broad SMARTS) is 1. The van der Waals surface area contributed by atoms with Gasteiger partial charge in [-0.2, -0.15) is 0 Å². The monoisotopic (exact) mass is 240 g/mol. The molecule has 0 saturated heterocycles. The zero-order valence-corrected chi connectivity index (χ0v) is 10.1. The molecule has 1 rings (SSSR count). The molecule has 0 radical (unpaired) electrons. The molecule has 17 heavy (non-hydrogen) atoms. The van der Waals surface area contributed by atoms with E-state index in [-0.39, 0.29) is 17.6 Å². The first kappa shape index (κ1) is 13.4. The summed E-state index contributed by atoms with van der Waals surface area (Å²) in [6.07, 6.45) is 0.723. The van der Waals surface area contributed by atoms with E-state index in [1.54, 1.807) is 0 Å². The molecule has 0 fully saturated rings. The Bertz CT molecular complexity index is 453. The number of aromatic amines is 1. The highest BCUT2D eigenvalue weighted by Gasteiger charge is 2.20. The first-order valence-electron chi connectivity index (χ1n) is 5.41. The van der Waals surface area contributed by atoms with E-state index in [4.69, 9.17) is 9.84 Å². The Hall–Kier alpha value is -1.69. The molecule has 6 heteroatoms. The van der Waals surface area contributed by atoms with Crippen LogP contribution in [-0.4, -0.2) is 27.7 Å². The highest BCUT2D eigenvalue weighted by atomic mass is 16.5. The second-order valence-electron chi connectivity index (χ2n) is 3.94. The number of aromatic carboxylic acids is 1. The predicted octanol–water partition coefficient (Wildman–Crippen LogP) is 1.20. The summed E-state index contributed by atoms with van der Waals surface area (Å²) < 4.78 is 5.46. The van der Waals surface area contributed by atoms with Crippen molar-refractivity contribution in [1.29, 1.82) is 0 Å². The van der Waals surface area contributed by atoms with Gasteiger partial charge in [-0.05, 0) is 12.8 Å². The van der Waals surface area contributed by atoms with E-state index < -0.39 is 11.5 Å². The van der Waals surface area contributed by atoms with E-state index in [1.165, 1.54) is 0 Å². The van der Waals surface area contributed by atoms with Gasteiger partial charge in [0, 0.05) is 12.8 Å². The lowest BCUT2D eigenvalue weighted by atomic mass is 10.1. The van der Waals surface area contributed by atoms with Gasteiger partial charge in [0.05, 0.1) is 0 Å². The minimum absolute atomic E-state index is 0.133. The molecule has 0 aliphatic carbocycles. The van der Waals surface area contributed by atoms with Crippen LogP contribution in [0.4, 0.5) is 0 Å². The Labute approximate surface area is 98.7 Å². The fourth-order valence-electron chi connectivity index (χ4n) is 1.47. The van der Waals surface area contributed by atoms with Crippen LogP contribution in [0.15, 0.2) is 11.0 Å². The first-order chi connectivity index (χ1) is 7.97. The molecule has 0 aliphatic heterocycles. The Morgan fingerprint density at radius 2 is 2.24 bits per heavy atom. The summed E-state index contributed by atoms with van der Waals surface area (Å²) in [5.41, 5.74) is -1.03. The van der Waals surface area contributed by atoms with Crippen molar-refractivity contribution in [3.05, 3.63) is 27.9 Å². The van der Waals surface area contributed by atoms with Crippen LogP contribution in [0.1, 0.15) is 43.1 Å². The van der Waals surface area contributed by atoms with E-state index in [2.05, 4.69) is 9.97 Å². The van der Waals surface area contributed by atoms with Crippen LogP contribution in [0.5, 0.6) is 0 Å². The standard InChI is InChI=1S/C11H16N2O4/c1-4-17-8(6(2)3)9-12-5-7(11(15)16)10(14)13-9/h5-6,8H,4H2,1-3H3,(H,15,16)(H,12,13,14). The maximum Gasteiger partial charge on any atom is 0.342 e. The second kappa shape index (κ2) is 5.58. The smallest absolute Gasteiger partial charge is 0.342 e. The van der Waals surface area contributed by atoms with Crippen molar-refractivity contribution >= 4 is 5.97 Å². The highest BCUT2D eigenvalue weighted by Crippen LogP contribution is 2.21. The molecule has 1 aromatic heterocycles. The number of hydrogen-bond acceptors (Lipinski definition) is 4. The van der Waals surface area contributed by atoms with Gasteiger partial charge < -0.3 is 14.8 Å². The predicted molar refractivity (Wildman–Crippen MR) is 61.0 cm³/mol. The third-order valence-electron chi connectivity index (χ3n) is 2.27. The zero-order valence-electron chi connectivity index (χ0n) is 10.1. The average Bonchev–Trinajstić information content (AvgIpc) is 2.24. The molecule has 0 saturated carbocycles. The van der Waals surface area contributed by atoms with E-state index in [9.17, 15) is 9.59 Å². The number of aromatic nitrogens is 2. The number of ether oxygens (including phenoxy) is 1. The molecular weight excluding hydrogens is 224 g/mol. The molecular formula is C11H16N2O4. The van der Waals surface area contributed by atoms with Gasteiger partial charge in [-0.3, -0.25) is 4.79 Å². The lowest BCUT2D eigenvalue weighted by Crippen LogP contribution is -2.24. The Balaban J connectivity index is 3.10. The molecule has 1 aromatic rings. The molecule has 0 amide bonds. The fraction of sp³-hybridized carbons (Fsp3) is 0.545. The van der Waals surface area contributed by atoms with Crippen molar-refractivity contribution in [3.63, 3.8) is 0 Å². The second-order valence-corrected chi connectivity index (χ2v) is 3.94. The maximum absolute atomic E-state index is 11.5. The summed E-state index contributed by atoms with van der Waals surface area (Å²) >= 11 is 0. The molecule has 2 N–H and O–H groups in total. The zero-order chi connectivity index (χ0) is 13.0. The first-order valence-corrected chi connectivity index (χ1v) is 5.41. The molecule has 1 unspecified atom stereocenters. The SMILES string of the molecule is CCOC(c1ncc(C(=O)O)c(=O)[nH]1)C(C)C. The van der Waals surface area contributed by atoms with Crippen LogP contribution >= 0.6 is 0 Å². The van der Waals surface area contributed by atoms with Gasteiger partial charge in [0.15, 0.2) is 0 Å². The summed E-state index contributed by atoms with van der Waals surface area (Å²) in [6.45, 7) is 6.21. The lowest BCUT2D eigenvalue weighted by molar-refractivity contribution is 0.0229. The summed E-state index contributed by atoms with van der Waals surface area (Å²) in [7, 11) is 0. The van der Waals surface area contributed by atoms with Crippen molar-refractivity contribution < 1.29 is 14.6 Å². The highest BCUT2D eigenvalue weighted by molar-refractivity contribution is 5.86. The lowest BCUT2D eigenvalue weighted by Gasteiger charge is -2.19. The Kier molecular flexibility index (Phi) is 4.39. The van der Waals surface area contributed by atoms with Crippen LogP contribution < -0.4 is 5.56 Å². The van der Waals surface area contributed by atoms with Crippen molar-refractivity contribution in [2.75, 3.05) is 6.61 Å². The number of carboxylic acids is 1. The topological polar surface area (TPSA) is 92.3 Å². The van der Waals surface area contributed by atoms with Crippen LogP contribution in [0, 0.1) is 5.92 Å². The maximum atomic E-state index is 11.5. The third kappa shape index (κ3) is 3.13. The summed E-state index contributed by atoms with van der Waals surface area (Å²) in [5.74, 6) is -0.798. The van der Waals surface area contributed by atoms with Crippen LogP contribution in [0.3, 0.4) is 0 Å². The summed E-state index contributed by atoms with van der Waals surface area (Å²) in [5, 5.41) is 8.72. The molecule has 6 nitrogen and oxygen atoms in total. The van der Waals surface area contributed by atoms with E-state index >= 15 is 0 Å². The number of carbonyl (C=O) groups is 1. The van der Waals surface area contributed by atoms with Crippen molar-refractivity contribution in [3.8, 4) is 0 Å². The largest absolute Gasteiger partial charge is 0.477 e. The number of hydrogen-bond donors (Lipinski definition) is 2. The van der Waals surface area contributed by atoms with Gasteiger partial charge in [-0.1, -0.05) is 13.8 Å². The number of H-pyrrole nitrogens is 1. The van der Waals surface area contributed by atoms with Crippen molar-refractivity contribution in [2.24, 2.45) is 5.92 Å². The Morgan fingerprint density at radius 3 is 2.65 bits per heavy atom. The van der Waals surface area contributed by atoms with Crippen LogP contribution in [0.25, 0.3) is 0 Å². The van der Waals surface area contributed by atoms with Gasteiger partial charge in [0.2, 0.25) is 0 Å². The molecule has 94 valence electrons. The quantitative estimate of drug-likeness (QED) is 0.806. The van der Waals surface area contributed by atoms with E-state index in [0.717, 1.165) is 6.20 Å². The molecule has 1 atom stereocenters. The summed E-state index contributed by atoms with van der Waals surface area (Å²) in [4.78, 5) is 28.5. The van der Waals surface area contributed by atoms with E-state index in [0.29, 0.717) is 12.4 Å². The van der Waals surface area contributed by atoms with Crippen LogP contribution in [0.2, 0.25) is 0 Å². The van der Waals surface area contributed by atoms with Gasteiger partial charge in [0.1, 0.15) is 17.5 Å². The fourth-order valence-corrected chi connectivity index (χ4v) is 1.47. The normalized spacial score (nSPS) is 12.7. The van der Waals surface area contributed by atoms with Gasteiger partial charge in [0.25, 0.3) is 5.56 Å². The molecule has 0 spiro atoms. The van der Waals surface area contributed by atoms with Gasteiger partial charge in [-0.15, -0.1) is 0 Å². The van der Waals surface area contributed by atoms with E-state index in [1.807, 2.05) is 20.8 Å². The van der Waals surface area contributed by atoms with Gasteiger partial charge >= 0.3 is 5.97 Å². The minimum atomic E-state index is -1.29. The minimum Gasteiger partial charge on any atom is -0.477 e. The number of nitrogens with one attached hydrogen (secondary N) is 1. The molecule has 1 heterocycles. The van der Waals surface area contributed by atoms with Gasteiger partial charge in [-0.25, -0.2) is 9.78 Å². The molecule has 0 aromatic carbocycles. The van der Waals surface area contributed by atoms with Crippen LogP contribution in [-0.2, 0) is 4.74 Å². The third-order valence-corrected chi connectivity index (χ3v) is 2.27. The average molecular weight is 240 g/mol.